The van der Waals surface area contributed by atoms with Gasteiger partial charge in [-0.3, -0.25) is 4.79 Å². The van der Waals surface area contributed by atoms with Gasteiger partial charge in [-0.1, -0.05) is 0 Å². The van der Waals surface area contributed by atoms with Crippen LogP contribution in [0.1, 0.15) is 20.3 Å². The summed E-state index contributed by atoms with van der Waals surface area (Å²) in [5, 5.41) is 12.0. The molecule has 4 heteroatoms. The number of aliphatic hydroxyl groups is 1. The Morgan fingerprint density at radius 1 is 1.64 bits per heavy atom. The molecule has 0 fully saturated rings. The number of hydrogen-bond acceptors (Lipinski definition) is 3. The second kappa shape index (κ2) is 5.09. The number of hydrogen-bond donors (Lipinski definition) is 3. The first-order chi connectivity index (χ1) is 5.04. The zero-order valence-electron chi connectivity index (χ0n) is 7.00. The zero-order chi connectivity index (χ0) is 8.85. The smallest absolute Gasteiger partial charge is 0.218 e. The van der Waals surface area contributed by atoms with Crippen LogP contribution in [-0.2, 0) is 4.79 Å². The lowest BCUT2D eigenvalue weighted by Crippen LogP contribution is -2.37. The Morgan fingerprint density at radius 2 is 2.18 bits per heavy atom. The van der Waals surface area contributed by atoms with E-state index in [1.807, 2.05) is 6.92 Å². The number of rotatable bonds is 5. The third kappa shape index (κ3) is 5.82. The van der Waals surface area contributed by atoms with Crippen LogP contribution < -0.4 is 11.1 Å². The van der Waals surface area contributed by atoms with Crippen molar-refractivity contribution in [2.24, 2.45) is 5.73 Å². The maximum atomic E-state index is 10.3. The summed E-state index contributed by atoms with van der Waals surface area (Å²) in [6.45, 7) is 4.08. The predicted molar refractivity (Wildman–Crippen MR) is 43.0 cm³/mol. The summed E-state index contributed by atoms with van der Waals surface area (Å²) in [6.07, 6.45) is -0.0836. The Bertz CT molecular complexity index is 126. The molecule has 0 bridgehead atoms. The fourth-order valence-corrected chi connectivity index (χ4v) is 0.594. The summed E-state index contributed by atoms with van der Waals surface area (Å²) in [5.41, 5.74) is 4.91. The highest BCUT2D eigenvalue weighted by atomic mass is 16.3. The molecule has 2 atom stereocenters. The summed E-state index contributed by atoms with van der Waals surface area (Å²) in [6, 6.07) is 0.00866. The summed E-state index contributed by atoms with van der Waals surface area (Å²) < 4.78 is 0. The Morgan fingerprint density at radius 3 is 2.55 bits per heavy atom. The molecule has 1 amide bonds. The molecule has 0 aromatic rings. The molecule has 0 aromatic heterocycles. The van der Waals surface area contributed by atoms with Crippen LogP contribution in [0.15, 0.2) is 0 Å². The highest BCUT2D eigenvalue weighted by molar-refractivity contribution is 5.73. The van der Waals surface area contributed by atoms with Crippen molar-refractivity contribution in [3.63, 3.8) is 0 Å². The molecule has 0 aliphatic heterocycles. The number of carbonyl (C=O) groups excluding carboxylic acids is 1. The minimum atomic E-state index is -0.400. The third-order valence-electron chi connectivity index (χ3n) is 1.56. The standard InChI is InChI=1S/C7H16N2O2/c1-5(6(2)10)9-4-3-7(8)11/h5-6,9-10H,3-4H2,1-2H3,(H2,8,11). The molecule has 0 aliphatic rings. The number of nitrogens with one attached hydrogen (secondary N) is 1. The second-order valence-corrected chi connectivity index (χ2v) is 2.70. The Labute approximate surface area is 66.8 Å². The van der Waals surface area contributed by atoms with Gasteiger partial charge in [0, 0.05) is 19.0 Å². The van der Waals surface area contributed by atoms with Crippen LogP contribution in [0.5, 0.6) is 0 Å². The zero-order valence-corrected chi connectivity index (χ0v) is 7.00. The average Bonchev–Trinajstić information content (AvgIpc) is 1.86. The van der Waals surface area contributed by atoms with E-state index < -0.39 is 6.10 Å². The first-order valence-corrected chi connectivity index (χ1v) is 3.73. The SMILES string of the molecule is CC(O)C(C)NCCC(N)=O. The molecule has 0 aliphatic carbocycles. The number of carbonyl (C=O) groups is 1. The van der Waals surface area contributed by atoms with Gasteiger partial charge in [-0.25, -0.2) is 0 Å². The largest absolute Gasteiger partial charge is 0.392 e. The topological polar surface area (TPSA) is 75.3 Å². The van der Waals surface area contributed by atoms with E-state index in [0.717, 1.165) is 0 Å². The summed E-state index contributed by atoms with van der Waals surface area (Å²) >= 11 is 0. The van der Waals surface area contributed by atoms with Crippen molar-refractivity contribution in [1.29, 1.82) is 0 Å². The molecule has 66 valence electrons. The van der Waals surface area contributed by atoms with Gasteiger partial charge in [-0.15, -0.1) is 0 Å². The van der Waals surface area contributed by atoms with E-state index in [0.29, 0.717) is 13.0 Å². The number of primary amides is 1. The highest BCUT2D eigenvalue weighted by Crippen LogP contribution is 1.89. The van der Waals surface area contributed by atoms with Crippen LogP contribution in [0.4, 0.5) is 0 Å². The Balaban J connectivity index is 3.31. The predicted octanol–water partition coefficient (Wildman–Crippen LogP) is -0.779. The van der Waals surface area contributed by atoms with E-state index in [1.54, 1.807) is 6.92 Å². The van der Waals surface area contributed by atoms with E-state index in [4.69, 9.17) is 10.8 Å². The van der Waals surface area contributed by atoms with E-state index in [2.05, 4.69) is 5.32 Å². The Kier molecular flexibility index (Phi) is 4.81. The summed E-state index contributed by atoms with van der Waals surface area (Å²) in [7, 11) is 0. The highest BCUT2D eigenvalue weighted by Gasteiger charge is 2.06. The number of nitrogens with two attached hydrogens (primary N) is 1. The molecule has 0 rings (SSSR count). The summed E-state index contributed by atoms with van der Waals surface area (Å²) in [5.74, 6) is -0.324. The second-order valence-electron chi connectivity index (χ2n) is 2.70. The minimum absolute atomic E-state index is 0.00866. The fraction of sp³-hybridized carbons (Fsp3) is 0.857. The van der Waals surface area contributed by atoms with Gasteiger partial charge >= 0.3 is 0 Å². The molecule has 0 saturated carbocycles. The van der Waals surface area contributed by atoms with Crippen LogP contribution in [0.25, 0.3) is 0 Å². The van der Waals surface area contributed by atoms with Crippen molar-refractivity contribution in [2.45, 2.75) is 32.4 Å². The van der Waals surface area contributed by atoms with Gasteiger partial charge in [0.1, 0.15) is 0 Å². The molecular formula is C7H16N2O2. The van der Waals surface area contributed by atoms with Crippen molar-refractivity contribution in [3.05, 3.63) is 0 Å². The van der Waals surface area contributed by atoms with Crippen molar-refractivity contribution in [2.75, 3.05) is 6.54 Å². The molecule has 0 radical (unpaired) electrons. The molecule has 0 spiro atoms. The maximum Gasteiger partial charge on any atom is 0.218 e. The van der Waals surface area contributed by atoms with Crippen LogP contribution in [0.2, 0.25) is 0 Å². The van der Waals surface area contributed by atoms with Crippen molar-refractivity contribution >= 4 is 5.91 Å². The normalized spacial score (nSPS) is 15.9. The number of aliphatic hydroxyl groups excluding tert-OH is 1. The molecule has 11 heavy (non-hydrogen) atoms. The van der Waals surface area contributed by atoms with Gasteiger partial charge in [-0.05, 0) is 13.8 Å². The van der Waals surface area contributed by atoms with Gasteiger partial charge < -0.3 is 16.2 Å². The van der Waals surface area contributed by atoms with E-state index in [1.165, 1.54) is 0 Å². The fourth-order valence-electron chi connectivity index (χ4n) is 0.594. The van der Waals surface area contributed by atoms with Crippen LogP contribution >= 0.6 is 0 Å². The van der Waals surface area contributed by atoms with Crippen LogP contribution in [-0.4, -0.2) is 29.7 Å². The lowest BCUT2D eigenvalue weighted by molar-refractivity contribution is -0.117. The molecule has 4 nitrogen and oxygen atoms in total. The van der Waals surface area contributed by atoms with Gasteiger partial charge in [0.05, 0.1) is 6.10 Å². The van der Waals surface area contributed by atoms with Crippen LogP contribution in [0, 0.1) is 0 Å². The maximum absolute atomic E-state index is 10.3. The van der Waals surface area contributed by atoms with E-state index >= 15 is 0 Å². The molecule has 2 unspecified atom stereocenters. The van der Waals surface area contributed by atoms with Gasteiger partial charge in [-0.2, -0.15) is 0 Å². The van der Waals surface area contributed by atoms with E-state index in [-0.39, 0.29) is 11.9 Å². The molecule has 0 aromatic carbocycles. The molecule has 0 saturated heterocycles. The molecule has 4 N–H and O–H groups in total. The quantitative estimate of drug-likeness (QED) is 0.494. The van der Waals surface area contributed by atoms with E-state index in [9.17, 15) is 4.79 Å². The van der Waals surface area contributed by atoms with Crippen molar-refractivity contribution in [3.8, 4) is 0 Å². The first kappa shape index (κ1) is 10.4. The van der Waals surface area contributed by atoms with Crippen LogP contribution in [0.3, 0.4) is 0 Å². The molecular weight excluding hydrogens is 144 g/mol. The van der Waals surface area contributed by atoms with Gasteiger partial charge in [0.15, 0.2) is 0 Å². The monoisotopic (exact) mass is 160 g/mol. The first-order valence-electron chi connectivity index (χ1n) is 3.73. The Hall–Kier alpha value is -0.610. The number of amides is 1. The lowest BCUT2D eigenvalue weighted by atomic mass is 10.2. The molecule has 0 heterocycles. The lowest BCUT2D eigenvalue weighted by Gasteiger charge is -2.15. The van der Waals surface area contributed by atoms with Crippen molar-refractivity contribution < 1.29 is 9.90 Å². The van der Waals surface area contributed by atoms with Gasteiger partial charge in [0.2, 0.25) is 5.91 Å². The van der Waals surface area contributed by atoms with Gasteiger partial charge in [0.25, 0.3) is 0 Å². The average molecular weight is 160 g/mol. The third-order valence-corrected chi connectivity index (χ3v) is 1.56. The minimum Gasteiger partial charge on any atom is -0.392 e. The van der Waals surface area contributed by atoms with Crippen molar-refractivity contribution in [1.82, 2.24) is 5.32 Å². The summed E-state index contributed by atoms with van der Waals surface area (Å²) in [4.78, 5) is 10.3.